The number of aromatic nitrogens is 4. The summed E-state index contributed by atoms with van der Waals surface area (Å²) < 4.78 is 28.0. The van der Waals surface area contributed by atoms with Crippen molar-refractivity contribution in [2.75, 3.05) is 31.1 Å². The molecular weight excluding hydrogens is 328 g/mol. The molecule has 1 saturated carbocycles. The minimum Gasteiger partial charge on any atom is -0.353 e. The van der Waals surface area contributed by atoms with Crippen LogP contribution >= 0.6 is 0 Å². The number of fused-ring (bicyclic) bond motifs is 1. The van der Waals surface area contributed by atoms with Crippen LogP contribution in [0.15, 0.2) is 12.1 Å². The molecule has 2 fully saturated rings. The van der Waals surface area contributed by atoms with E-state index in [2.05, 4.69) is 15.1 Å². The molecule has 1 aliphatic heterocycles. The molecular formula is C15H22N6O2S. The molecule has 4 rings (SSSR count). The summed E-state index contributed by atoms with van der Waals surface area (Å²) in [7, 11) is -3.18. The first-order valence-electron chi connectivity index (χ1n) is 8.43. The highest BCUT2D eigenvalue weighted by Gasteiger charge is 2.31. The lowest BCUT2D eigenvalue weighted by Gasteiger charge is -2.35. The second-order valence-corrected chi connectivity index (χ2v) is 9.26. The van der Waals surface area contributed by atoms with Gasteiger partial charge in [0.05, 0.1) is 5.25 Å². The maximum atomic E-state index is 12.3. The first-order valence-corrected chi connectivity index (χ1v) is 9.93. The van der Waals surface area contributed by atoms with Crippen LogP contribution < -0.4 is 4.90 Å². The van der Waals surface area contributed by atoms with Crippen LogP contribution in [0.5, 0.6) is 0 Å². The highest BCUT2D eigenvalue weighted by Crippen LogP contribution is 2.38. The van der Waals surface area contributed by atoms with Crippen LogP contribution in [-0.4, -0.2) is 64.0 Å². The van der Waals surface area contributed by atoms with Crippen LogP contribution in [0.4, 0.5) is 5.82 Å². The zero-order chi connectivity index (χ0) is 16.9. The van der Waals surface area contributed by atoms with Gasteiger partial charge in [0.25, 0.3) is 0 Å². The molecule has 2 aromatic rings. The Bertz CT molecular complexity index is 850. The van der Waals surface area contributed by atoms with Crippen molar-refractivity contribution in [2.45, 2.75) is 37.9 Å². The van der Waals surface area contributed by atoms with Crippen LogP contribution in [0.2, 0.25) is 0 Å². The van der Waals surface area contributed by atoms with E-state index in [4.69, 9.17) is 5.10 Å². The number of sulfonamides is 1. The fraction of sp³-hybridized carbons (Fsp3) is 0.667. The van der Waals surface area contributed by atoms with E-state index < -0.39 is 10.0 Å². The zero-order valence-corrected chi connectivity index (χ0v) is 14.8. The van der Waals surface area contributed by atoms with E-state index in [1.807, 2.05) is 16.6 Å². The number of nitrogens with zero attached hydrogens (tertiary/aromatic N) is 6. The van der Waals surface area contributed by atoms with Crippen LogP contribution in [0.3, 0.4) is 0 Å². The lowest BCUT2D eigenvalue weighted by molar-refractivity contribution is 0.379. The Hall–Kier alpha value is -1.74. The third-order valence-corrected chi connectivity index (χ3v) is 7.01. The van der Waals surface area contributed by atoms with Crippen molar-refractivity contribution in [3.05, 3.63) is 18.0 Å². The molecule has 0 bridgehead atoms. The molecule has 2 aromatic heterocycles. The third-order valence-electron chi connectivity index (χ3n) is 4.73. The Kier molecular flexibility index (Phi) is 3.72. The molecule has 8 nitrogen and oxygen atoms in total. The van der Waals surface area contributed by atoms with Gasteiger partial charge in [-0.3, -0.25) is 0 Å². The standard InChI is InChI=1S/C15H22N6O2S/c1-11(2)24(22,23)20-9-7-19(8-10-20)14-6-5-13-16-17-15(12-3-4-12)21(13)18-14/h5-6,11-12H,3-4,7-10H2,1-2H3. The van der Waals surface area contributed by atoms with Gasteiger partial charge in [-0.15, -0.1) is 15.3 Å². The Morgan fingerprint density at radius 2 is 1.79 bits per heavy atom. The predicted molar refractivity (Wildman–Crippen MR) is 90.6 cm³/mol. The van der Waals surface area contributed by atoms with E-state index in [0.717, 1.165) is 30.1 Å². The molecule has 0 radical (unpaired) electrons. The first-order chi connectivity index (χ1) is 11.5. The zero-order valence-electron chi connectivity index (χ0n) is 14.0. The molecule has 0 unspecified atom stereocenters. The Morgan fingerprint density at radius 1 is 1.08 bits per heavy atom. The Morgan fingerprint density at radius 3 is 2.42 bits per heavy atom. The van der Waals surface area contributed by atoms with Gasteiger partial charge in [-0.1, -0.05) is 0 Å². The topological polar surface area (TPSA) is 83.7 Å². The summed E-state index contributed by atoms with van der Waals surface area (Å²) in [5, 5.41) is 12.7. The summed E-state index contributed by atoms with van der Waals surface area (Å²) >= 11 is 0. The largest absolute Gasteiger partial charge is 0.353 e. The van der Waals surface area contributed by atoms with Gasteiger partial charge in [0.1, 0.15) is 5.82 Å². The van der Waals surface area contributed by atoms with Crippen LogP contribution in [0.25, 0.3) is 5.65 Å². The van der Waals surface area contributed by atoms with E-state index >= 15 is 0 Å². The molecule has 0 atom stereocenters. The quantitative estimate of drug-likeness (QED) is 0.813. The highest BCUT2D eigenvalue weighted by molar-refractivity contribution is 7.89. The van der Waals surface area contributed by atoms with Crippen molar-refractivity contribution >= 4 is 21.5 Å². The third kappa shape index (κ3) is 2.65. The minimum atomic E-state index is -3.18. The molecule has 0 spiro atoms. The summed E-state index contributed by atoms with van der Waals surface area (Å²) in [6, 6.07) is 3.87. The maximum absolute atomic E-state index is 12.3. The van der Waals surface area contributed by atoms with Gasteiger partial charge in [-0.25, -0.2) is 8.42 Å². The van der Waals surface area contributed by atoms with Gasteiger partial charge < -0.3 is 4.90 Å². The Balaban J connectivity index is 1.53. The SMILES string of the molecule is CC(C)S(=O)(=O)N1CCN(c2ccc3nnc(C4CC4)n3n2)CC1. The van der Waals surface area contributed by atoms with Crippen molar-refractivity contribution in [3.63, 3.8) is 0 Å². The monoisotopic (exact) mass is 350 g/mol. The average molecular weight is 350 g/mol. The molecule has 0 N–H and O–H groups in total. The predicted octanol–water partition coefficient (Wildman–Crippen LogP) is 0.862. The van der Waals surface area contributed by atoms with Gasteiger partial charge in [-0.05, 0) is 38.8 Å². The van der Waals surface area contributed by atoms with E-state index in [1.54, 1.807) is 18.2 Å². The molecule has 24 heavy (non-hydrogen) atoms. The second kappa shape index (κ2) is 5.66. The summed E-state index contributed by atoms with van der Waals surface area (Å²) in [5.74, 6) is 2.27. The molecule has 130 valence electrons. The highest BCUT2D eigenvalue weighted by atomic mass is 32.2. The van der Waals surface area contributed by atoms with Crippen molar-refractivity contribution in [1.29, 1.82) is 0 Å². The number of hydrogen-bond donors (Lipinski definition) is 0. The smallest absolute Gasteiger partial charge is 0.216 e. The first kappa shape index (κ1) is 15.8. The van der Waals surface area contributed by atoms with Gasteiger partial charge in [0, 0.05) is 32.1 Å². The Labute approximate surface area is 141 Å². The normalized spacial score (nSPS) is 20.2. The van der Waals surface area contributed by atoms with Crippen LogP contribution in [-0.2, 0) is 10.0 Å². The van der Waals surface area contributed by atoms with Gasteiger partial charge in [0.15, 0.2) is 11.5 Å². The maximum Gasteiger partial charge on any atom is 0.216 e. The molecule has 2 aliphatic rings. The number of hydrogen-bond acceptors (Lipinski definition) is 6. The van der Waals surface area contributed by atoms with Crippen LogP contribution in [0, 0.1) is 0 Å². The van der Waals surface area contributed by atoms with Crippen molar-refractivity contribution in [2.24, 2.45) is 0 Å². The molecule has 3 heterocycles. The van der Waals surface area contributed by atoms with Crippen LogP contribution in [0.1, 0.15) is 38.4 Å². The molecule has 9 heteroatoms. The van der Waals surface area contributed by atoms with E-state index in [1.165, 1.54) is 0 Å². The fourth-order valence-corrected chi connectivity index (χ4v) is 4.30. The fourth-order valence-electron chi connectivity index (χ4n) is 3.03. The van der Waals surface area contributed by atoms with Crippen molar-refractivity contribution in [1.82, 2.24) is 24.1 Å². The lowest BCUT2D eigenvalue weighted by atomic mass is 10.3. The summed E-state index contributed by atoms with van der Waals surface area (Å²) in [5.41, 5.74) is 0.765. The van der Waals surface area contributed by atoms with Gasteiger partial charge >= 0.3 is 0 Å². The number of piperazine rings is 1. The lowest BCUT2D eigenvalue weighted by Crippen LogP contribution is -2.50. The van der Waals surface area contributed by atoms with Gasteiger partial charge in [0.2, 0.25) is 10.0 Å². The minimum absolute atomic E-state index is 0.378. The molecule has 1 aliphatic carbocycles. The van der Waals surface area contributed by atoms with E-state index in [9.17, 15) is 8.42 Å². The van der Waals surface area contributed by atoms with Gasteiger partial charge in [-0.2, -0.15) is 8.82 Å². The summed E-state index contributed by atoms with van der Waals surface area (Å²) in [6.45, 7) is 5.73. The molecule has 0 aromatic carbocycles. The molecule has 0 amide bonds. The average Bonchev–Trinajstić information content (AvgIpc) is 3.34. The summed E-state index contributed by atoms with van der Waals surface area (Å²) in [4.78, 5) is 2.13. The second-order valence-electron chi connectivity index (χ2n) is 6.77. The van der Waals surface area contributed by atoms with Crippen molar-refractivity contribution < 1.29 is 8.42 Å². The van der Waals surface area contributed by atoms with Crippen molar-refractivity contribution in [3.8, 4) is 0 Å². The number of anilines is 1. The molecule has 1 saturated heterocycles. The summed E-state index contributed by atoms with van der Waals surface area (Å²) in [6.07, 6.45) is 2.30. The number of rotatable bonds is 4. The van der Waals surface area contributed by atoms with E-state index in [0.29, 0.717) is 32.1 Å². The van der Waals surface area contributed by atoms with E-state index in [-0.39, 0.29) is 5.25 Å².